The molecule has 0 spiro atoms. The maximum atomic E-state index is 12.6. The summed E-state index contributed by atoms with van der Waals surface area (Å²) in [6.07, 6.45) is 3.96. The van der Waals surface area contributed by atoms with Crippen LogP contribution >= 0.6 is 0 Å². The van der Waals surface area contributed by atoms with Gasteiger partial charge < -0.3 is 19.2 Å². The molecule has 2 aromatic rings. The molecule has 0 saturated carbocycles. The summed E-state index contributed by atoms with van der Waals surface area (Å²) in [5, 5.41) is 12.6. The number of hydrogen-bond donors (Lipinski definition) is 2. The van der Waals surface area contributed by atoms with Gasteiger partial charge in [-0.25, -0.2) is 0 Å². The number of quaternary nitrogens is 1. The van der Waals surface area contributed by atoms with Crippen LogP contribution in [-0.2, 0) is 11.3 Å². The van der Waals surface area contributed by atoms with Gasteiger partial charge >= 0.3 is 0 Å². The van der Waals surface area contributed by atoms with Gasteiger partial charge in [-0.15, -0.1) is 0 Å². The largest absolute Gasteiger partial charge is 0.467 e. The Morgan fingerprint density at radius 3 is 2.77 bits per heavy atom. The van der Waals surface area contributed by atoms with Crippen molar-refractivity contribution >= 4 is 11.7 Å². The van der Waals surface area contributed by atoms with Gasteiger partial charge in [-0.3, -0.25) is 4.79 Å². The number of carbonyl (C=O) groups is 1. The van der Waals surface area contributed by atoms with Crippen LogP contribution in [0.5, 0.6) is 0 Å². The maximum absolute atomic E-state index is 12.6. The van der Waals surface area contributed by atoms with E-state index in [0.717, 1.165) is 36.0 Å². The van der Waals surface area contributed by atoms with Crippen molar-refractivity contribution in [3.63, 3.8) is 0 Å². The van der Waals surface area contributed by atoms with Crippen LogP contribution in [0, 0.1) is 31.1 Å². The van der Waals surface area contributed by atoms with Gasteiger partial charge in [0.2, 0.25) is 0 Å². The Labute approximate surface area is 154 Å². The van der Waals surface area contributed by atoms with Crippen molar-refractivity contribution in [1.29, 1.82) is 5.26 Å². The van der Waals surface area contributed by atoms with E-state index in [1.807, 2.05) is 30.5 Å². The zero-order valence-corrected chi connectivity index (χ0v) is 15.8. The number of rotatable bonds is 5. The first-order valence-corrected chi connectivity index (χ1v) is 9.25. The summed E-state index contributed by atoms with van der Waals surface area (Å²) in [7, 11) is 0. The van der Waals surface area contributed by atoms with E-state index >= 15 is 0 Å². The van der Waals surface area contributed by atoms with Crippen LogP contribution in [0.15, 0.2) is 22.8 Å². The molecule has 0 aliphatic carbocycles. The van der Waals surface area contributed by atoms with Gasteiger partial charge in [0.15, 0.2) is 6.54 Å². The van der Waals surface area contributed by atoms with Gasteiger partial charge in [-0.1, -0.05) is 6.92 Å². The highest BCUT2D eigenvalue weighted by Gasteiger charge is 2.24. The predicted octanol–water partition coefficient (Wildman–Crippen LogP) is 1.87. The van der Waals surface area contributed by atoms with Gasteiger partial charge in [0, 0.05) is 5.69 Å². The van der Waals surface area contributed by atoms with Crippen LogP contribution in [0.4, 0.5) is 5.82 Å². The van der Waals surface area contributed by atoms with E-state index in [9.17, 15) is 10.1 Å². The molecule has 1 fully saturated rings. The number of nitrogens with zero attached hydrogens (tertiary/aromatic N) is 2. The number of anilines is 1. The summed E-state index contributed by atoms with van der Waals surface area (Å²) in [5.74, 6) is 2.08. The normalized spacial score (nSPS) is 19.9. The van der Waals surface area contributed by atoms with Gasteiger partial charge in [0.05, 0.1) is 31.5 Å². The van der Waals surface area contributed by atoms with Crippen LogP contribution in [0.1, 0.15) is 42.3 Å². The standard InChI is InChI=1S/C20H26N4O2/c1-14-6-8-23(9-7-14)13-19(25)22-20-18(11-21)15(2)16(3)24(20)12-17-5-4-10-26-17/h4-5,10,14H,6-9,12-13H2,1-3H3,(H,22,25)/p+1. The molecule has 0 radical (unpaired) electrons. The molecule has 6 heteroatoms. The summed E-state index contributed by atoms with van der Waals surface area (Å²) in [4.78, 5) is 13.9. The van der Waals surface area contributed by atoms with E-state index in [1.165, 1.54) is 17.7 Å². The second-order valence-electron chi connectivity index (χ2n) is 7.37. The number of nitrogens with one attached hydrogen (secondary N) is 2. The Morgan fingerprint density at radius 1 is 1.42 bits per heavy atom. The lowest BCUT2D eigenvalue weighted by molar-refractivity contribution is -0.897. The smallest absolute Gasteiger partial charge is 0.280 e. The van der Waals surface area contributed by atoms with Gasteiger partial charge in [-0.2, -0.15) is 5.26 Å². The average Bonchev–Trinajstić information content (AvgIpc) is 3.20. The molecule has 0 atom stereocenters. The third-order valence-corrected chi connectivity index (χ3v) is 5.48. The van der Waals surface area contributed by atoms with Crippen molar-refractivity contribution in [2.45, 2.75) is 40.2 Å². The highest BCUT2D eigenvalue weighted by atomic mass is 16.3. The molecule has 2 aromatic heterocycles. The predicted molar refractivity (Wildman–Crippen MR) is 99.0 cm³/mol. The number of amides is 1. The minimum atomic E-state index is -0.0377. The Morgan fingerprint density at radius 2 is 2.15 bits per heavy atom. The SMILES string of the molecule is Cc1c(C#N)c(NC(=O)C[NH+]2CCC(C)CC2)n(Cc2ccco2)c1C. The van der Waals surface area contributed by atoms with Crippen molar-refractivity contribution in [1.82, 2.24) is 4.57 Å². The van der Waals surface area contributed by atoms with Crippen molar-refractivity contribution in [3.05, 3.63) is 41.0 Å². The average molecular weight is 355 g/mol. The third-order valence-electron chi connectivity index (χ3n) is 5.48. The van der Waals surface area contributed by atoms with Gasteiger partial charge in [-0.05, 0) is 50.3 Å². The Hall–Kier alpha value is -2.52. The molecule has 0 unspecified atom stereocenters. The van der Waals surface area contributed by atoms with Crippen molar-refractivity contribution in [2.75, 3.05) is 25.0 Å². The third kappa shape index (κ3) is 3.83. The number of hydrogen-bond acceptors (Lipinski definition) is 3. The summed E-state index contributed by atoms with van der Waals surface area (Å²) in [5.41, 5.74) is 2.39. The summed E-state index contributed by atoms with van der Waals surface area (Å²) in [6, 6.07) is 5.98. The first-order valence-electron chi connectivity index (χ1n) is 9.25. The van der Waals surface area contributed by atoms with Crippen molar-refractivity contribution in [2.24, 2.45) is 5.92 Å². The number of nitriles is 1. The number of likely N-dealkylation sites (tertiary alicyclic amines) is 1. The summed E-state index contributed by atoms with van der Waals surface area (Å²) >= 11 is 0. The van der Waals surface area contributed by atoms with Crippen LogP contribution in [0.3, 0.4) is 0 Å². The number of piperidine rings is 1. The molecule has 2 N–H and O–H groups in total. The summed E-state index contributed by atoms with van der Waals surface area (Å²) < 4.78 is 7.40. The molecule has 3 heterocycles. The van der Waals surface area contributed by atoms with E-state index in [-0.39, 0.29) is 5.91 Å². The molecule has 1 saturated heterocycles. The lowest BCUT2D eigenvalue weighted by Crippen LogP contribution is -3.14. The highest BCUT2D eigenvalue weighted by Crippen LogP contribution is 2.27. The van der Waals surface area contributed by atoms with E-state index in [1.54, 1.807) is 6.26 Å². The maximum Gasteiger partial charge on any atom is 0.280 e. The minimum Gasteiger partial charge on any atom is -0.467 e. The molecule has 1 aliphatic heterocycles. The number of furan rings is 1. The second kappa shape index (κ2) is 7.79. The van der Waals surface area contributed by atoms with E-state index in [2.05, 4.69) is 18.3 Å². The molecule has 1 amide bonds. The minimum absolute atomic E-state index is 0.0377. The van der Waals surface area contributed by atoms with Crippen LogP contribution in [0.25, 0.3) is 0 Å². The molecule has 1 aliphatic rings. The Kier molecular flexibility index (Phi) is 5.48. The van der Waals surface area contributed by atoms with Gasteiger partial charge in [0.25, 0.3) is 5.91 Å². The first kappa shape index (κ1) is 18.3. The lowest BCUT2D eigenvalue weighted by Gasteiger charge is -2.26. The zero-order valence-electron chi connectivity index (χ0n) is 15.8. The lowest BCUT2D eigenvalue weighted by atomic mass is 9.99. The molecule has 0 aromatic carbocycles. The monoisotopic (exact) mass is 355 g/mol. The number of aromatic nitrogens is 1. The molecular formula is C20H27N4O2+. The van der Waals surface area contributed by atoms with Crippen LogP contribution < -0.4 is 10.2 Å². The van der Waals surface area contributed by atoms with Crippen LogP contribution in [0.2, 0.25) is 0 Å². The zero-order chi connectivity index (χ0) is 18.7. The quantitative estimate of drug-likeness (QED) is 0.860. The van der Waals surface area contributed by atoms with Gasteiger partial charge in [0.1, 0.15) is 17.6 Å². The van der Waals surface area contributed by atoms with E-state index in [4.69, 9.17) is 4.42 Å². The molecular weight excluding hydrogens is 328 g/mol. The summed E-state index contributed by atoms with van der Waals surface area (Å²) in [6.45, 7) is 9.15. The molecule has 3 rings (SSSR count). The van der Waals surface area contributed by atoms with Crippen molar-refractivity contribution < 1.29 is 14.1 Å². The molecule has 138 valence electrons. The second-order valence-corrected chi connectivity index (χ2v) is 7.37. The van der Waals surface area contributed by atoms with E-state index < -0.39 is 0 Å². The molecule has 26 heavy (non-hydrogen) atoms. The molecule has 6 nitrogen and oxygen atoms in total. The molecule has 0 bridgehead atoms. The van der Waals surface area contributed by atoms with E-state index in [0.29, 0.717) is 24.5 Å². The van der Waals surface area contributed by atoms with Crippen LogP contribution in [-0.4, -0.2) is 30.1 Å². The fourth-order valence-corrected chi connectivity index (χ4v) is 3.64. The highest BCUT2D eigenvalue weighted by molar-refractivity contribution is 5.92. The Bertz CT molecular complexity index is 806. The topological polar surface area (TPSA) is 75.4 Å². The fourth-order valence-electron chi connectivity index (χ4n) is 3.64. The number of carbonyl (C=O) groups excluding carboxylic acids is 1. The Balaban J connectivity index is 1.78. The first-order chi connectivity index (χ1) is 12.5. The fraction of sp³-hybridized carbons (Fsp3) is 0.500. The van der Waals surface area contributed by atoms with Crippen molar-refractivity contribution in [3.8, 4) is 6.07 Å².